The first-order valence-corrected chi connectivity index (χ1v) is 7.17. The van der Waals surface area contributed by atoms with Gasteiger partial charge in [0, 0.05) is 12.3 Å². The van der Waals surface area contributed by atoms with Crippen LogP contribution in [0.5, 0.6) is 0 Å². The van der Waals surface area contributed by atoms with E-state index in [1.807, 2.05) is 0 Å². The lowest BCUT2D eigenvalue weighted by atomic mass is 10.2. The van der Waals surface area contributed by atoms with E-state index in [2.05, 4.69) is 9.71 Å². The van der Waals surface area contributed by atoms with Gasteiger partial charge in [-0.25, -0.2) is 8.42 Å². The monoisotopic (exact) mass is 311 g/mol. The molecule has 2 aromatic rings. The number of pyridine rings is 1. The summed E-state index contributed by atoms with van der Waals surface area (Å²) in [5, 5.41) is 10.8. The Morgan fingerprint density at radius 2 is 2.10 bits per heavy atom. The van der Waals surface area contributed by atoms with Crippen molar-refractivity contribution in [2.75, 3.05) is 4.72 Å². The molecule has 0 spiro atoms. The summed E-state index contributed by atoms with van der Waals surface area (Å²) in [5.41, 5.74) is -0.820. The number of anilines is 1. The molecule has 9 heteroatoms. The number of nitrogens with one attached hydrogen (secondary N) is 1. The summed E-state index contributed by atoms with van der Waals surface area (Å²) in [6, 6.07) is 4.70. The summed E-state index contributed by atoms with van der Waals surface area (Å²) in [5.74, 6) is -1.06. The van der Waals surface area contributed by atoms with Crippen molar-refractivity contribution in [2.24, 2.45) is 0 Å². The Hall–Kier alpha value is -2.55. The van der Waals surface area contributed by atoms with Crippen LogP contribution < -0.4 is 4.72 Å². The zero-order chi connectivity index (χ0) is 15.6. The summed E-state index contributed by atoms with van der Waals surface area (Å²) in [7, 11) is -4.07. The minimum Gasteiger partial charge on any atom is -0.278 e. The summed E-state index contributed by atoms with van der Waals surface area (Å²) in [4.78, 5) is 13.1. The quantitative estimate of drug-likeness (QED) is 0.689. The number of benzene rings is 1. The molecule has 1 N–H and O–H groups in total. The first-order chi connectivity index (χ1) is 9.81. The molecular formula is C12H10FN3O4S. The number of aromatic nitrogens is 1. The number of aryl methyl sites for hydroxylation is 1. The Morgan fingerprint density at radius 1 is 1.38 bits per heavy atom. The highest BCUT2D eigenvalue weighted by Gasteiger charge is 2.23. The summed E-state index contributed by atoms with van der Waals surface area (Å²) in [6.07, 6.45) is 2.74. The molecule has 0 aliphatic carbocycles. The fourth-order valence-electron chi connectivity index (χ4n) is 1.64. The van der Waals surface area contributed by atoms with E-state index >= 15 is 0 Å². The minimum absolute atomic E-state index is 0.129. The maximum absolute atomic E-state index is 13.6. The van der Waals surface area contributed by atoms with Crippen molar-refractivity contribution in [2.45, 2.75) is 11.8 Å². The molecule has 0 unspecified atom stereocenters. The Balaban J connectivity index is 2.48. The van der Waals surface area contributed by atoms with Gasteiger partial charge in [0.2, 0.25) is 5.82 Å². The number of nitrogens with zero attached hydrogens (tertiary/aromatic N) is 2. The van der Waals surface area contributed by atoms with Gasteiger partial charge < -0.3 is 0 Å². The molecule has 110 valence electrons. The van der Waals surface area contributed by atoms with Crippen molar-refractivity contribution >= 4 is 21.4 Å². The number of nitro benzene ring substituents is 1. The number of hydrogen-bond donors (Lipinski definition) is 1. The van der Waals surface area contributed by atoms with Crippen LogP contribution in [0, 0.1) is 22.9 Å². The van der Waals surface area contributed by atoms with Crippen LogP contribution in [0.4, 0.5) is 15.8 Å². The van der Waals surface area contributed by atoms with Crippen LogP contribution in [0.1, 0.15) is 5.56 Å². The topological polar surface area (TPSA) is 102 Å². The van der Waals surface area contributed by atoms with Crippen molar-refractivity contribution in [1.82, 2.24) is 4.98 Å². The lowest BCUT2D eigenvalue weighted by molar-refractivity contribution is -0.387. The van der Waals surface area contributed by atoms with E-state index in [1.54, 1.807) is 0 Å². The fourth-order valence-corrected chi connectivity index (χ4v) is 2.79. The summed E-state index contributed by atoms with van der Waals surface area (Å²) >= 11 is 0. The number of halogens is 1. The molecule has 0 bridgehead atoms. The van der Waals surface area contributed by atoms with Crippen LogP contribution >= 0.6 is 0 Å². The van der Waals surface area contributed by atoms with Crippen LogP contribution in [-0.2, 0) is 10.0 Å². The lowest BCUT2D eigenvalue weighted by Crippen LogP contribution is -2.14. The highest BCUT2D eigenvalue weighted by Crippen LogP contribution is 2.26. The number of rotatable bonds is 4. The smallest absolute Gasteiger partial charge is 0.278 e. The second kappa shape index (κ2) is 5.44. The van der Waals surface area contributed by atoms with Gasteiger partial charge >= 0.3 is 5.69 Å². The first kappa shape index (κ1) is 14.9. The van der Waals surface area contributed by atoms with Gasteiger partial charge in [0.05, 0.1) is 21.7 Å². The van der Waals surface area contributed by atoms with E-state index in [4.69, 9.17) is 0 Å². The van der Waals surface area contributed by atoms with E-state index in [-0.39, 0.29) is 11.3 Å². The maximum Gasteiger partial charge on any atom is 0.306 e. The Bertz CT molecular complexity index is 794. The third-order valence-electron chi connectivity index (χ3n) is 2.63. The highest BCUT2D eigenvalue weighted by atomic mass is 32.2. The summed E-state index contributed by atoms with van der Waals surface area (Å²) < 4.78 is 40.1. The van der Waals surface area contributed by atoms with Crippen LogP contribution in [0.15, 0.2) is 41.6 Å². The molecule has 0 radical (unpaired) electrons. The molecular weight excluding hydrogens is 301 g/mol. The second-order valence-electron chi connectivity index (χ2n) is 4.18. The minimum atomic E-state index is -4.07. The van der Waals surface area contributed by atoms with E-state index < -0.39 is 31.3 Å². The zero-order valence-electron chi connectivity index (χ0n) is 10.8. The molecule has 0 amide bonds. The van der Waals surface area contributed by atoms with Gasteiger partial charge in [-0.05, 0) is 30.7 Å². The van der Waals surface area contributed by atoms with E-state index in [1.165, 1.54) is 31.5 Å². The molecule has 1 aromatic carbocycles. The van der Waals surface area contributed by atoms with Crippen molar-refractivity contribution in [1.29, 1.82) is 0 Å². The van der Waals surface area contributed by atoms with Crippen molar-refractivity contribution in [3.05, 3.63) is 58.2 Å². The molecule has 0 atom stereocenters. The SMILES string of the molecule is Cc1cc(S(=O)(=O)Nc2cccnc2)cc([N+](=O)[O-])c1F. The zero-order valence-corrected chi connectivity index (χ0v) is 11.6. The summed E-state index contributed by atoms with van der Waals surface area (Å²) in [6.45, 7) is 1.26. The highest BCUT2D eigenvalue weighted by molar-refractivity contribution is 7.92. The average Bonchev–Trinajstić information content (AvgIpc) is 2.41. The predicted molar refractivity (Wildman–Crippen MR) is 72.8 cm³/mol. The van der Waals surface area contributed by atoms with E-state index in [0.29, 0.717) is 6.07 Å². The molecule has 0 saturated carbocycles. The Labute approximate surface area is 119 Å². The van der Waals surface area contributed by atoms with Gasteiger partial charge in [-0.3, -0.25) is 19.8 Å². The predicted octanol–water partition coefficient (Wildman–Crippen LogP) is 2.24. The molecule has 7 nitrogen and oxygen atoms in total. The molecule has 21 heavy (non-hydrogen) atoms. The molecule has 1 heterocycles. The van der Waals surface area contributed by atoms with Gasteiger partial charge in [0.25, 0.3) is 10.0 Å². The van der Waals surface area contributed by atoms with Crippen LogP contribution in [0.2, 0.25) is 0 Å². The van der Waals surface area contributed by atoms with Crippen LogP contribution in [-0.4, -0.2) is 18.3 Å². The fraction of sp³-hybridized carbons (Fsp3) is 0.0833. The second-order valence-corrected chi connectivity index (χ2v) is 5.86. The molecule has 0 fully saturated rings. The van der Waals surface area contributed by atoms with E-state index in [0.717, 1.165) is 6.07 Å². The van der Waals surface area contributed by atoms with Gasteiger partial charge in [0.1, 0.15) is 0 Å². The first-order valence-electron chi connectivity index (χ1n) is 5.68. The van der Waals surface area contributed by atoms with Crippen molar-refractivity contribution < 1.29 is 17.7 Å². The normalized spacial score (nSPS) is 11.1. The molecule has 0 aliphatic heterocycles. The number of nitro groups is 1. The molecule has 2 rings (SSSR count). The van der Waals surface area contributed by atoms with Gasteiger partial charge in [-0.2, -0.15) is 4.39 Å². The van der Waals surface area contributed by atoms with Crippen molar-refractivity contribution in [3.8, 4) is 0 Å². The molecule has 0 aliphatic rings. The van der Waals surface area contributed by atoms with Gasteiger partial charge in [0.15, 0.2) is 0 Å². The molecule has 1 aromatic heterocycles. The average molecular weight is 311 g/mol. The third-order valence-corrected chi connectivity index (χ3v) is 3.99. The molecule has 0 saturated heterocycles. The van der Waals surface area contributed by atoms with Crippen molar-refractivity contribution in [3.63, 3.8) is 0 Å². The van der Waals surface area contributed by atoms with Gasteiger partial charge in [-0.15, -0.1) is 0 Å². The lowest BCUT2D eigenvalue weighted by Gasteiger charge is -2.08. The third kappa shape index (κ3) is 3.14. The Morgan fingerprint density at radius 3 is 2.67 bits per heavy atom. The number of sulfonamides is 1. The van der Waals surface area contributed by atoms with E-state index in [9.17, 15) is 22.9 Å². The standard InChI is InChI=1S/C12H10FN3O4S/c1-8-5-10(6-11(12(8)13)16(17)18)21(19,20)15-9-3-2-4-14-7-9/h2-7,15H,1H3. The largest absolute Gasteiger partial charge is 0.306 e. The van der Waals surface area contributed by atoms with Gasteiger partial charge in [-0.1, -0.05) is 0 Å². The number of hydrogen-bond acceptors (Lipinski definition) is 5. The Kier molecular flexibility index (Phi) is 3.85. The van der Waals surface area contributed by atoms with Crippen LogP contribution in [0.3, 0.4) is 0 Å². The maximum atomic E-state index is 13.6. The van der Waals surface area contributed by atoms with Crippen LogP contribution in [0.25, 0.3) is 0 Å².